The minimum atomic E-state index is 0.487. The maximum Gasteiger partial charge on any atom is 0.142 e. The molecule has 0 spiro atoms. The van der Waals surface area contributed by atoms with Crippen LogP contribution in [0.3, 0.4) is 0 Å². The van der Waals surface area contributed by atoms with Crippen molar-refractivity contribution in [3.8, 4) is 5.75 Å². The lowest BCUT2D eigenvalue weighted by Crippen LogP contribution is -2.55. The van der Waals surface area contributed by atoms with Gasteiger partial charge in [-0.15, -0.1) is 0 Å². The van der Waals surface area contributed by atoms with Gasteiger partial charge >= 0.3 is 0 Å². The van der Waals surface area contributed by atoms with Crippen molar-refractivity contribution in [3.63, 3.8) is 0 Å². The first-order chi connectivity index (χ1) is 7.34. The van der Waals surface area contributed by atoms with E-state index in [1.807, 2.05) is 12.1 Å². The Morgan fingerprint density at radius 3 is 3.33 bits per heavy atom. The van der Waals surface area contributed by atoms with Crippen molar-refractivity contribution in [2.24, 2.45) is 0 Å². The first kappa shape index (κ1) is 9.48. The van der Waals surface area contributed by atoms with Crippen molar-refractivity contribution in [2.45, 2.75) is 6.04 Å². The molecule has 0 bridgehead atoms. The molecule has 0 amide bonds. The summed E-state index contributed by atoms with van der Waals surface area (Å²) in [6, 6.07) is 6.70. The minimum Gasteiger partial charge on any atom is -0.489 e. The Balaban J connectivity index is 2.01. The van der Waals surface area contributed by atoms with E-state index < -0.39 is 0 Å². The Morgan fingerprint density at radius 2 is 2.40 bits per heavy atom. The zero-order chi connectivity index (χ0) is 10.3. The van der Waals surface area contributed by atoms with Gasteiger partial charge in [-0.25, -0.2) is 0 Å². The molecule has 1 aromatic rings. The first-order valence-corrected chi connectivity index (χ1v) is 6.03. The number of fused-ring (bicyclic) bond motifs is 3. The van der Waals surface area contributed by atoms with Crippen LogP contribution in [0.25, 0.3) is 0 Å². The van der Waals surface area contributed by atoms with E-state index in [1.54, 1.807) is 0 Å². The molecule has 1 aromatic carbocycles. The molecule has 1 atom stereocenters. The molecule has 2 aliphatic heterocycles. The fourth-order valence-electron chi connectivity index (χ4n) is 2.25. The molecule has 1 N–H and O–H groups in total. The average molecular weight is 269 g/mol. The highest BCUT2D eigenvalue weighted by Crippen LogP contribution is 2.36. The van der Waals surface area contributed by atoms with Crippen molar-refractivity contribution < 1.29 is 4.74 Å². The molecular formula is C11H13BrN2O. The number of hydrogen-bond acceptors (Lipinski definition) is 3. The van der Waals surface area contributed by atoms with Gasteiger partial charge in [-0.2, -0.15) is 0 Å². The molecule has 3 rings (SSSR count). The van der Waals surface area contributed by atoms with Crippen LogP contribution < -0.4 is 15.0 Å². The number of nitrogens with zero attached hydrogens (tertiary/aromatic N) is 1. The van der Waals surface area contributed by atoms with Crippen molar-refractivity contribution in [1.82, 2.24) is 5.32 Å². The molecule has 0 aromatic heterocycles. The quantitative estimate of drug-likeness (QED) is 0.774. The number of ether oxygens (including phenoxy) is 1. The van der Waals surface area contributed by atoms with Crippen LogP contribution in [0, 0.1) is 0 Å². The zero-order valence-electron chi connectivity index (χ0n) is 8.37. The van der Waals surface area contributed by atoms with Gasteiger partial charge in [-0.1, -0.05) is 15.9 Å². The number of halogens is 1. The summed E-state index contributed by atoms with van der Waals surface area (Å²) in [5.41, 5.74) is 1.22. The second-order valence-corrected chi connectivity index (χ2v) is 4.89. The predicted molar refractivity (Wildman–Crippen MR) is 63.6 cm³/mol. The Morgan fingerprint density at radius 1 is 1.47 bits per heavy atom. The van der Waals surface area contributed by atoms with E-state index in [4.69, 9.17) is 4.74 Å². The largest absolute Gasteiger partial charge is 0.489 e. The van der Waals surface area contributed by atoms with Crippen LogP contribution >= 0.6 is 15.9 Å². The molecule has 0 radical (unpaired) electrons. The van der Waals surface area contributed by atoms with Gasteiger partial charge in [0.2, 0.25) is 0 Å². The maximum absolute atomic E-state index is 5.75. The van der Waals surface area contributed by atoms with Gasteiger partial charge < -0.3 is 15.0 Å². The lowest BCUT2D eigenvalue weighted by Gasteiger charge is -2.41. The number of benzene rings is 1. The van der Waals surface area contributed by atoms with Gasteiger partial charge in [0, 0.05) is 24.1 Å². The van der Waals surface area contributed by atoms with Crippen molar-refractivity contribution in [2.75, 3.05) is 31.1 Å². The van der Waals surface area contributed by atoms with Crippen LogP contribution in [0.15, 0.2) is 22.7 Å². The molecular weight excluding hydrogens is 256 g/mol. The zero-order valence-corrected chi connectivity index (χ0v) is 9.96. The van der Waals surface area contributed by atoms with E-state index in [2.05, 4.69) is 32.2 Å². The number of rotatable bonds is 0. The monoisotopic (exact) mass is 268 g/mol. The van der Waals surface area contributed by atoms with E-state index in [9.17, 15) is 0 Å². The summed E-state index contributed by atoms with van der Waals surface area (Å²) in [6.07, 6.45) is 0. The van der Waals surface area contributed by atoms with Crippen LogP contribution in [0.5, 0.6) is 5.75 Å². The first-order valence-electron chi connectivity index (χ1n) is 5.24. The molecule has 2 aliphatic rings. The Labute approximate surface area is 97.5 Å². The number of hydrogen-bond donors (Lipinski definition) is 1. The van der Waals surface area contributed by atoms with E-state index in [-0.39, 0.29) is 0 Å². The molecule has 1 saturated heterocycles. The predicted octanol–water partition coefficient (Wildman–Crippen LogP) is 1.62. The molecule has 15 heavy (non-hydrogen) atoms. The molecule has 2 heterocycles. The normalized spacial score (nSPS) is 24.1. The van der Waals surface area contributed by atoms with Gasteiger partial charge in [-0.05, 0) is 18.2 Å². The van der Waals surface area contributed by atoms with E-state index in [0.717, 1.165) is 36.5 Å². The second kappa shape index (κ2) is 3.68. The minimum absolute atomic E-state index is 0.487. The summed E-state index contributed by atoms with van der Waals surface area (Å²) in [7, 11) is 0. The molecule has 4 heteroatoms. The highest BCUT2D eigenvalue weighted by atomic mass is 79.9. The Bertz CT molecular complexity index is 383. The van der Waals surface area contributed by atoms with Crippen LogP contribution in [0.1, 0.15) is 0 Å². The van der Waals surface area contributed by atoms with Gasteiger partial charge in [0.1, 0.15) is 12.4 Å². The van der Waals surface area contributed by atoms with E-state index in [0.29, 0.717) is 6.04 Å². The molecule has 0 saturated carbocycles. The van der Waals surface area contributed by atoms with Crippen LogP contribution in [-0.4, -0.2) is 32.3 Å². The summed E-state index contributed by atoms with van der Waals surface area (Å²) in [4.78, 5) is 2.44. The van der Waals surface area contributed by atoms with Gasteiger partial charge in [-0.3, -0.25) is 0 Å². The summed E-state index contributed by atoms with van der Waals surface area (Å²) in [6.45, 7) is 3.94. The number of piperazine rings is 1. The lowest BCUT2D eigenvalue weighted by molar-refractivity contribution is 0.247. The fourth-order valence-corrected chi connectivity index (χ4v) is 2.60. The van der Waals surface area contributed by atoms with Crippen LogP contribution in [0.4, 0.5) is 5.69 Å². The molecule has 3 nitrogen and oxygen atoms in total. The fraction of sp³-hybridized carbons (Fsp3) is 0.455. The summed E-state index contributed by atoms with van der Waals surface area (Å²) in [5.74, 6) is 1.01. The third-order valence-electron chi connectivity index (χ3n) is 3.01. The highest BCUT2D eigenvalue weighted by Gasteiger charge is 2.29. The third-order valence-corrected chi connectivity index (χ3v) is 3.51. The average Bonchev–Trinajstić information content (AvgIpc) is 2.29. The van der Waals surface area contributed by atoms with Gasteiger partial charge in [0.25, 0.3) is 0 Å². The Hall–Kier alpha value is -0.740. The number of anilines is 1. The van der Waals surface area contributed by atoms with Gasteiger partial charge in [0.15, 0.2) is 0 Å². The molecule has 0 aliphatic carbocycles. The second-order valence-electron chi connectivity index (χ2n) is 3.97. The summed E-state index contributed by atoms with van der Waals surface area (Å²) in [5, 5.41) is 3.40. The highest BCUT2D eigenvalue weighted by molar-refractivity contribution is 9.10. The van der Waals surface area contributed by atoms with Crippen LogP contribution in [0.2, 0.25) is 0 Å². The van der Waals surface area contributed by atoms with E-state index >= 15 is 0 Å². The topological polar surface area (TPSA) is 24.5 Å². The standard InChI is InChI=1S/C11H13BrN2O/c12-8-1-2-11-10(5-8)14-4-3-13-6-9(14)7-15-11/h1-2,5,9,13H,3-4,6-7H2. The van der Waals surface area contributed by atoms with Crippen LogP contribution in [-0.2, 0) is 0 Å². The molecule has 1 unspecified atom stereocenters. The molecule has 1 fully saturated rings. The maximum atomic E-state index is 5.75. The lowest BCUT2D eigenvalue weighted by atomic mass is 10.1. The van der Waals surface area contributed by atoms with Crippen molar-refractivity contribution in [3.05, 3.63) is 22.7 Å². The summed E-state index contributed by atoms with van der Waals surface area (Å²) >= 11 is 3.51. The SMILES string of the molecule is Brc1ccc2c(c1)N1CCNCC1CO2. The van der Waals surface area contributed by atoms with Crippen molar-refractivity contribution in [1.29, 1.82) is 0 Å². The Kier molecular flexibility index (Phi) is 2.33. The van der Waals surface area contributed by atoms with E-state index in [1.165, 1.54) is 5.69 Å². The third kappa shape index (κ3) is 1.62. The number of nitrogens with one attached hydrogen (secondary N) is 1. The van der Waals surface area contributed by atoms with Crippen molar-refractivity contribution >= 4 is 21.6 Å². The van der Waals surface area contributed by atoms with Gasteiger partial charge in [0.05, 0.1) is 11.7 Å². The smallest absolute Gasteiger partial charge is 0.142 e. The summed E-state index contributed by atoms with van der Waals surface area (Å²) < 4.78 is 6.86. The molecule has 80 valence electrons.